The monoisotopic (exact) mass is 431 g/mol. The molecule has 0 atom stereocenters. The van der Waals surface area contributed by atoms with Gasteiger partial charge in [-0.1, -0.05) is 36.4 Å². The Balaban J connectivity index is 1.43. The van der Waals surface area contributed by atoms with Crippen molar-refractivity contribution in [1.29, 1.82) is 0 Å². The van der Waals surface area contributed by atoms with Gasteiger partial charge in [-0.3, -0.25) is 4.79 Å². The van der Waals surface area contributed by atoms with Crippen LogP contribution in [-0.4, -0.2) is 54.7 Å². The van der Waals surface area contributed by atoms with Crippen LogP contribution in [0, 0.1) is 5.82 Å². The lowest BCUT2D eigenvalue weighted by atomic mass is 10.2. The quantitative estimate of drug-likeness (QED) is 0.637. The van der Waals surface area contributed by atoms with Crippen LogP contribution in [0.5, 0.6) is 0 Å². The summed E-state index contributed by atoms with van der Waals surface area (Å²) in [6.07, 6.45) is 0. The number of nitrogens with zero attached hydrogens (tertiary/aromatic N) is 3. The van der Waals surface area contributed by atoms with Crippen molar-refractivity contribution in [3.8, 4) is 10.6 Å². The van der Waals surface area contributed by atoms with E-state index >= 15 is 0 Å². The zero-order valence-electron chi connectivity index (χ0n) is 15.4. The average Bonchev–Trinajstić information content (AvgIpc) is 3.24. The van der Waals surface area contributed by atoms with E-state index in [2.05, 4.69) is 4.98 Å². The molecule has 0 N–H and O–H groups in total. The van der Waals surface area contributed by atoms with E-state index in [1.807, 2.05) is 30.3 Å². The number of amides is 1. The fourth-order valence-electron chi connectivity index (χ4n) is 3.16. The third kappa shape index (κ3) is 4.07. The lowest BCUT2D eigenvalue weighted by Crippen LogP contribution is -2.50. The number of hydrogen-bond acceptors (Lipinski definition) is 5. The van der Waals surface area contributed by atoms with E-state index in [-0.39, 0.29) is 37.0 Å². The molecule has 1 aliphatic heterocycles. The summed E-state index contributed by atoms with van der Waals surface area (Å²) in [6, 6.07) is 14.6. The fourth-order valence-corrected chi connectivity index (χ4v) is 5.41. The molecule has 3 aromatic rings. The zero-order chi connectivity index (χ0) is 20.4. The van der Waals surface area contributed by atoms with Crippen LogP contribution < -0.4 is 0 Å². The minimum atomic E-state index is -3.79. The number of thiazole rings is 1. The van der Waals surface area contributed by atoms with Crippen LogP contribution in [-0.2, 0) is 10.0 Å². The van der Waals surface area contributed by atoms with Crippen LogP contribution in [0.4, 0.5) is 4.39 Å². The average molecular weight is 432 g/mol. The maximum absolute atomic E-state index is 13.4. The number of carbonyl (C=O) groups excluding carboxylic acids is 1. The summed E-state index contributed by atoms with van der Waals surface area (Å²) in [5, 5.41) is 2.49. The van der Waals surface area contributed by atoms with Gasteiger partial charge in [0, 0.05) is 37.1 Å². The summed E-state index contributed by atoms with van der Waals surface area (Å²) in [6.45, 7) is 0.817. The van der Waals surface area contributed by atoms with E-state index in [4.69, 9.17) is 0 Å². The Morgan fingerprint density at radius 2 is 1.72 bits per heavy atom. The number of aromatic nitrogens is 1. The van der Waals surface area contributed by atoms with Crippen LogP contribution in [0.25, 0.3) is 10.6 Å². The zero-order valence-corrected chi connectivity index (χ0v) is 17.0. The molecule has 0 unspecified atom stereocenters. The minimum absolute atomic E-state index is 0.0794. The van der Waals surface area contributed by atoms with Crippen molar-refractivity contribution in [3.05, 3.63) is 71.5 Å². The van der Waals surface area contributed by atoms with Crippen LogP contribution in [0.2, 0.25) is 0 Å². The number of benzene rings is 2. The standard InChI is InChI=1S/C20H18FN3O3S2/c21-16-7-4-8-17(13-16)29(26,27)24-11-9-23(10-12-24)20(25)18-14-28-19(22-18)15-5-2-1-3-6-15/h1-8,13-14H,9-12H2. The topological polar surface area (TPSA) is 70.6 Å². The van der Waals surface area contributed by atoms with Crippen molar-refractivity contribution in [2.45, 2.75) is 4.90 Å². The van der Waals surface area contributed by atoms with E-state index in [0.717, 1.165) is 16.6 Å². The van der Waals surface area contributed by atoms with Crippen molar-refractivity contribution in [2.75, 3.05) is 26.2 Å². The van der Waals surface area contributed by atoms with Crippen LogP contribution in [0.1, 0.15) is 10.5 Å². The number of sulfonamides is 1. The number of carbonyl (C=O) groups is 1. The smallest absolute Gasteiger partial charge is 0.273 e. The normalized spacial score (nSPS) is 15.4. The van der Waals surface area contributed by atoms with E-state index in [1.165, 1.54) is 33.8 Å². The maximum Gasteiger partial charge on any atom is 0.273 e. The van der Waals surface area contributed by atoms with Gasteiger partial charge in [-0.2, -0.15) is 4.31 Å². The Hall–Kier alpha value is -2.62. The second-order valence-electron chi connectivity index (χ2n) is 6.56. The summed E-state index contributed by atoms with van der Waals surface area (Å²) >= 11 is 1.40. The molecule has 2 heterocycles. The molecule has 1 fully saturated rings. The van der Waals surface area contributed by atoms with Crippen molar-refractivity contribution in [3.63, 3.8) is 0 Å². The predicted octanol–water partition coefficient (Wildman–Crippen LogP) is 3.10. The van der Waals surface area contributed by atoms with Crippen LogP contribution >= 0.6 is 11.3 Å². The van der Waals surface area contributed by atoms with E-state index in [1.54, 1.807) is 10.3 Å². The number of rotatable bonds is 4. The van der Waals surface area contributed by atoms with Crippen LogP contribution in [0.15, 0.2) is 64.9 Å². The first kappa shape index (κ1) is 19.7. The summed E-state index contributed by atoms with van der Waals surface area (Å²) < 4.78 is 40.1. The molecule has 0 saturated carbocycles. The van der Waals surface area contributed by atoms with Gasteiger partial charge in [0.2, 0.25) is 10.0 Å². The molecule has 0 radical (unpaired) electrons. The van der Waals surface area contributed by atoms with Crippen molar-refractivity contribution < 1.29 is 17.6 Å². The highest BCUT2D eigenvalue weighted by atomic mass is 32.2. The Labute approximate surface area is 172 Å². The number of piperazine rings is 1. The van der Waals surface area contributed by atoms with Gasteiger partial charge in [0.15, 0.2) is 0 Å². The van der Waals surface area contributed by atoms with Crippen molar-refractivity contribution in [1.82, 2.24) is 14.2 Å². The first-order valence-corrected chi connectivity index (χ1v) is 11.3. The lowest BCUT2D eigenvalue weighted by Gasteiger charge is -2.33. The molecule has 1 aromatic heterocycles. The molecule has 0 spiro atoms. The summed E-state index contributed by atoms with van der Waals surface area (Å²) in [5.74, 6) is -0.816. The molecule has 0 bridgehead atoms. The molecule has 1 saturated heterocycles. The predicted molar refractivity (Wildman–Crippen MR) is 109 cm³/mol. The molecule has 0 aliphatic carbocycles. The maximum atomic E-state index is 13.4. The molecule has 150 valence electrons. The van der Waals surface area contributed by atoms with E-state index < -0.39 is 15.8 Å². The second kappa shape index (κ2) is 8.02. The van der Waals surface area contributed by atoms with Crippen LogP contribution in [0.3, 0.4) is 0 Å². The first-order chi connectivity index (χ1) is 13.9. The molecule has 1 aliphatic rings. The van der Waals surface area contributed by atoms with Gasteiger partial charge in [-0.25, -0.2) is 17.8 Å². The highest BCUT2D eigenvalue weighted by molar-refractivity contribution is 7.89. The Kier molecular flexibility index (Phi) is 5.44. The molecule has 1 amide bonds. The van der Waals surface area contributed by atoms with Gasteiger partial charge < -0.3 is 4.90 Å². The van der Waals surface area contributed by atoms with Gasteiger partial charge in [-0.15, -0.1) is 11.3 Å². The van der Waals surface area contributed by atoms with Gasteiger partial charge in [0.25, 0.3) is 5.91 Å². The van der Waals surface area contributed by atoms with Crippen molar-refractivity contribution >= 4 is 27.3 Å². The van der Waals surface area contributed by atoms with Gasteiger partial charge in [0.1, 0.15) is 16.5 Å². The molecule has 6 nitrogen and oxygen atoms in total. The first-order valence-electron chi connectivity index (χ1n) is 9.01. The van der Waals surface area contributed by atoms with E-state index in [0.29, 0.717) is 5.69 Å². The van der Waals surface area contributed by atoms with Gasteiger partial charge in [-0.05, 0) is 18.2 Å². The lowest BCUT2D eigenvalue weighted by molar-refractivity contribution is 0.0693. The number of halogens is 1. The number of hydrogen-bond donors (Lipinski definition) is 0. The molecule has 4 rings (SSSR count). The van der Waals surface area contributed by atoms with Gasteiger partial charge >= 0.3 is 0 Å². The fraction of sp³-hybridized carbons (Fsp3) is 0.200. The highest BCUT2D eigenvalue weighted by Crippen LogP contribution is 2.25. The second-order valence-corrected chi connectivity index (χ2v) is 9.35. The minimum Gasteiger partial charge on any atom is -0.335 e. The summed E-state index contributed by atoms with van der Waals surface area (Å²) in [4.78, 5) is 18.7. The molecule has 9 heteroatoms. The third-order valence-electron chi connectivity index (χ3n) is 4.70. The largest absolute Gasteiger partial charge is 0.335 e. The SMILES string of the molecule is O=C(c1csc(-c2ccccc2)n1)N1CCN(S(=O)(=O)c2cccc(F)c2)CC1. The van der Waals surface area contributed by atoms with Gasteiger partial charge in [0.05, 0.1) is 4.90 Å². The molecular weight excluding hydrogens is 413 g/mol. The summed E-state index contributed by atoms with van der Waals surface area (Å²) in [5.41, 5.74) is 1.30. The Morgan fingerprint density at radius 1 is 1.00 bits per heavy atom. The molecular formula is C20H18FN3O3S2. The molecule has 29 heavy (non-hydrogen) atoms. The Morgan fingerprint density at radius 3 is 2.41 bits per heavy atom. The molecule has 2 aromatic carbocycles. The van der Waals surface area contributed by atoms with E-state index in [9.17, 15) is 17.6 Å². The third-order valence-corrected chi connectivity index (χ3v) is 7.49. The summed E-state index contributed by atoms with van der Waals surface area (Å²) in [7, 11) is -3.79. The highest BCUT2D eigenvalue weighted by Gasteiger charge is 2.31. The Bertz CT molecular complexity index is 1120. The van der Waals surface area contributed by atoms with Crippen molar-refractivity contribution in [2.24, 2.45) is 0 Å².